The highest BCUT2D eigenvalue weighted by Crippen LogP contribution is 2.35. The van der Waals surface area contributed by atoms with Crippen LogP contribution in [0.1, 0.15) is 23.4 Å². The maximum absolute atomic E-state index is 11.8. The maximum atomic E-state index is 11.8. The van der Waals surface area contributed by atoms with Gasteiger partial charge in [0.2, 0.25) is 0 Å². The van der Waals surface area contributed by atoms with Gasteiger partial charge in [-0.05, 0) is 37.4 Å². The quantitative estimate of drug-likeness (QED) is 0.833. The normalized spacial score (nSPS) is 32.8. The van der Waals surface area contributed by atoms with Gasteiger partial charge in [-0.3, -0.25) is 9.69 Å². The third-order valence-corrected chi connectivity index (χ3v) is 4.34. The van der Waals surface area contributed by atoms with Crippen LogP contribution in [0.4, 0.5) is 0 Å². The molecule has 0 spiro atoms. The molecule has 4 atom stereocenters. The molecule has 3 aliphatic heterocycles. The first-order chi connectivity index (χ1) is 9.28. The lowest BCUT2D eigenvalue weighted by Gasteiger charge is -2.48. The second kappa shape index (κ2) is 5.10. The molecule has 3 fully saturated rings. The Balaban J connectivity index is 1.55. The Morgan fingerprint density at radius 2 is 2.53 bits per heavy atom. The highest BCUT2D eigenvalue weighted by atomic mass is 16.3. The van der Waals surface area contributed by atoms with E-state index in [9.17, 15) is 4.79 Å². The van der Waals surface area contributed by atoms with Crippen molar-refractivity contribution in [2.45, 2.75) is 18.9 Å². The minimum Gasteiger partial charge on any atom is -0.459 e. The first-order valence-corrected chi connectivity index (χ1v) is 6.80. The molecule has 4 rings (SSSR count). The lowest BCUT2D eigenvalue weighted by atomic mass is 9.76. The molecule has 3 aliphatic rings. The summed E-state index contributed by atoms with van der Waals surface area (Å²) in [6.07, 6.45) is 9.36. The fourth-order valence-corrected chi connectivity index (χ4v) is 3.24. The van der Waals surface area contributed by atoms with Crippen molar-refractivity contribution in [3.8, 4) is 12.3 Å². The van der Waals surface area contributed by atoms with Gasteiger partial charge >= 0.3 is 0 Å². The Hall–Kier alpha value is -1.73. The summed E-state index contributed by atoms with van der Waals surface area (Å²) in [5, 5.41) is 2.95. The molecule has 1 amide bonds. The van der Waals surface area contributed by atoms with Crippen LogP contribution < -0.4 is 5.32 Å². The van der Waals surface area contributed by atoms with Crippen LogP contribution in [-0.4, -0.2) is 36.5 Å². The van der Waals surface area contributed by atoms with Crippen molar-refractivity contribution < 1.29 is 9.21 Å². The first kappa shape index (κ1) is 12.3. The fraction of sp³-hybridized carbons (Fsp3) is 0.533. The molecule has 0 saturated carbocycles. The summed E-state index contributed by atoms with van der Waals surface area (Å²) in [5.41, 5.74) is 0. The monoisotopic (exact) mass is 258 g/mol. The number of amides is 1. The first-order valence-electron chi connectivity index (χ1n) is 6.80. The summed E-state index contributed by atoms with van der Waals surface area (Å²) in [4.78, 5) is 14.2. The summed E-state index contributed by atoms with van der Waals surface area (Å²) in [7, 11) is 0. The lowest BCUT2D eigenvalue weighted by Crippen LogP contribution is -2.56. The van der Waals surface area contributed by atoms with E-state index < -0.39 is 0 Å². The number of furan rings is 1. The summed E-state index contributed by atoms with van der Waals surface area (Å²) in [5.74, 6) is 4.15. The van der Waals surface area contributed by atoms with E-state index in [1.807, 2.05) is 0 Å². The van der Waals surface area contributed by atoms with Crippen molar-refractivity contribution >= 4 is 5.91 Å². The highest BCUT2D eigenvalue weighted by molar-refractivity contribution is 5.91. The van der Waals surface area contributed by atoms with Crippen LogP contribution in [0.3, 0.4) is 0 Å². The van der Waals surface area contributed by atoms with Gasteiger partial charge in [-0.15, -0.1) is 12.3 Å². The Morgan fingerprint density at radius 3 is 3.16 bits per heavy atom. The summed E-state index contributed by atoms with van der Waals surface area (Å²) < 4.78 is 5.08. The van der Waals surface area contributed by atoms with E-state index in [2.05, 4.69) is 16.1 Å². The zero-order valence-electron chi connectivity index (χ0n) is 10.8. The molecule has 1 aromatic heterocycles. The van der Waals surface area contributed by atoms with Gasteiger partial charge in [0.05, 0.1) is 6.26 Å². The average Bonchev–Trinajstić information content (AvgIpc) is 2.99. The van der Waals surface area contributed by atoms with Gasteiger partial charge in [-0.1, -0.05) is 0 Å². The van der Waals surface area contributed by atoms with E-state index in [-0.39, 0.29) is 5.91 Å². The minimum atomic E-state index is -0.138. The molecule has 0 aromatic carbocycles. The van der Waals surface area contributed by atoms with Crippen molar-refractivity contribution in [2.24, 2.45) is 11.8 Å². The molecule has 19 heavy (non-hydrogen) atoms. The van der Waals surface area contributed by atoms with Crippen LogP contribution in [0.5, 0.6) is 0 Å². The molecule has 100 valence electrons. The van der Waals surface area contributed by atoms with Gasteiger partial charge in [0, 0.05) is 25.0 Å². The number of carbonyl (C=O) groups is 1. The largest absolute Gasteiger partial charge is 0.459 e. The second-order valence-corrected chi connectivity index (χ2v) is 5.39. The molecule has 4 nitrogen and oxygen atoms in total. The predicted octanol–water partition coefficient (Wildman–Crippen LogP) is 1.35. The van der Waals surface area contributed by atoms with Crippen LogP contribution in [0.2, 0.25) is 0 Å². The number of nitrogens with zero attached hydrogens (tertiary/aromatic N) is 1. The standard InChI is InChI=1S/C15H18N2O2/c1-2-11-10-17-6-5-12(11)8-13(17)9-16-15(18)14-4-3-7-19-14/h1,3-4,7,11-13H,5-6,8-10H2,(H,16,18)/t11-,12+,13-/m1/s1. The Kier molecular flexibility index (Phi) is 3.31. The third kappa shape index (κ3) is 2.39. The van der Waals surface area contributed by atoms with Gasteiger partial charge in [0.1, 0.15) is 0 Å². The van der Waals surface area contributed by atoms with E-state index in [4.69, 9.17) is 10.8 Å². The zero-order chi connectivity index (χ0) is 13.2. The van der Waals surface area contributed by atoms with Gasteiger partial charge in [0.15, 0.2) is 5.76 Å². The van der Waals surface area contributed by atoms with E-state index in [0.717, 1.165) is 19.5 Å². The van der Waals surface area contributed by atoms with E-state index in [1.54, 1.807) is 12.1 Å². The van der Waals surface area contributed by atoms with E-state index in [0.29, 0.717) is 30.2 Å². The van der Waals surface area contributed by atoms with Crippen LogP contribution in [0.15, 0.2) is 22.8 Å². The third-order valence-electron chi connectivity index (χ3n) is 4.34. The Labute approximate surface area is 113 Å². The van der Waals surface area contributed by atoms with Crippen LogP contribution >= 0.6 is 0 Å². The van der Waals surface area contributed by atoms with Crippen molar-refractivity contribution in [1.29, 1.82) is 0 Å². The number of fused-ring (bicyclic) bond motifs is 3. The van der Waals surface area contributed by atoms with Crippen molar-refractivity contribution in [1.82, 2.24) is 10.2 Å². The number of terminal acetylenes is 1. The van der Waals surface area contributed by atoms with Crippen molar-refractivity contribution in [3.05, 3.63) is 24.2 Å². The number of hydrogen-bond donors (Lipinski definition) is 1. The SMILES string of the molecule is C#C[C@@H]1CN2CC[C@H]1C[C@@H]2CNC(=O)c1ccco1. The zero-order valence-corrected chi connectivity index (χ0v) is 10.8. The number of nitrogens with one attached hydrogen (secondary N) is 1. The molecule has 4 heteroatoms. The van der Waals surface area contributed by atoms with E-state index in [1.165, 1.54) is 12.7 Å². The molecule has 0 radical (unpaired) electrons. The molecular formula is C15H18N2O2. The Morgan fingerprint density at radius 1 is 1.63 bits per heavy atom. The average molecular weight is 258 g/mol. The molecule has 1 N–H and O–H groups in total. The molecule has 1 aromatic rings. The van der Waals surface area contributed by atoms with Gasteiger partial charge in [0.25, 0.3) is 5.91 Å². The van der Waals surface area contributed by atoms with Crippen LogP contribution in [0.25, 0.3) is 0 Å². The smallest absolute Gasteiger partial charge is 0.287 e. The molecule has 2 bridgehead atoms. The van der Waals surface area contributed by atoms with Gasteiger partial charge in [-0.25, -0.2) is 0 Å². The maximum Gasteiger partial charge on any atom is 0.287 e. The molecule has 0 aliphatic carbocycles. The molecule has 4 heterocycles. The lowest BCUT2D eigenvalue weighted by molar-refractivity contribution is 0.0226. The fourth-order valence-electron chi connectivity index (χ4n) is 3.24. The number of piperidine rings is 3. The molecule has 3 saturated heterocycles. The minimum absolute atomic E-state index is 0.138. The number of hydrogen-bond acceptors (Lipinski definition) is 3. The highest BCUT2D eigenvalue weighted by Gasteiger charge is 2.39. The number of rotatable bonds is 3. The van der Waals surface area contributed by atoms with Crippen molar-refractivity contribution in [3.63, 3.8) is 0 Å². The topological polar surface area (TPSA) is 45.5 Å². The van der Waals surface area contributed by atoms with Crippen LogP contribution in [-0.2, 0) is 0 Å². The summed E-state index contributed by atoms with van der Waals surface area (Å²) >= 11 is 0. The Bertz CT molecular complexity index is 489. The number of carbonyl (C=O) groups excluding carboxylic acids is 1. The molecule has 1 unspecified atom stereocenters. The van der Waals surface area contributed by atoms with Crippen LogP contribution in [0, 0.1) is 24.2 Å². The van der Waals surface area contributed by atoms with Gasteiger partial charge < -0.3 is 9.73 Å². The second-order valence-electron chi connectivity index (χ2n) is 5.39. The molecular weight excluding hydrogens is 240 g/mol. The van der Waals surface area contributed by atoms with E-state index >= 15 is 0 Å². The summed E-state index contributed by atoms with van der Waals surface area (Å²) in [6, 6.07) is 3.82. The predicted molar refractivity (Wildman–Crippen MR) is 71.4 cm³/mol. The summed E-state index contributed by atoms with van der Waals surface area (Å²) in [6.45, 7) is 2.75. The van der Waals surface area contributed by atoms with Crippen molar-refractivity contribution in [2.75, 3.05) is 19.6 Å². The van der Waals surface area contributed by atoms with Gasteiger partial charge in [-0.2, -0.15) is 0 Å².